The number of nitrogens with one attached hydrogen (secondary N) is 2. The minimum atomic E-state index is -3.32. The summed E-state index contributed by atoms with van der Waals surface area (Å²) < 4.78 is 49.3. The summed E-state index contributed by atoms with van der Waals surface area (Å²) in [6, 6.07) is 6.58. The summed E-state index contributed by atoms with van der Waals surface area (Å²) >= 11 is 0. The van der Waals surface area contributed by atoms with Gasteiger partial charge in [0.05, 0.1) is 16.9 Å². The van der Waals surface area contributed by atoms with E-state index < -0.39 is 25.4 Å². The van der Waals surface area contributed by atoms with E-state index in [0.717, 1.165) is 11.8 Å². The Morgan fingerprint density at radius 3 is 2.52 bits per heavy atom. The van der Waals surface area contributed by atoms with Crippen LogP contribution >= 0.6 is 0 Å². The van der Waals surface area contributed by atoms with Crippen LogP contribution in [0.2, 0.25) is 0 Å². The molecular weight excluding hydrogens is 312 g/mol. The van der Waals surface area contributed by atoms with Crippen LogP contribution in [0.5, 0.6) is 0 Å². The van der Waals surface area contributed by atoms with Gasteiger partial charge in [0.1, 0.15) is 0 Å². The number of hydrogen-bond donors (Lipinski definition) is 2. The fourth-order valence-electron chi connectivity index (χ4n) is 2.54. The van der Waals surface area contributed by atoms with Gasteiger partial charge in [-0.25, -0.2) is 21.6 Å². The standard InChI is InChI=1S/C13H20N2O4S2/c1-13(2,15-20(3,16)17)9-14-11-8-21(18,19)12-7-5-4-6-10(11)12/h4-7,11,14-15H,8-9H2,1-3H3. The molecule has 1 aliphatic heterocycles. The Morgan fingerprint density at radius 1 is 1.29 bits per heavy atom. The number of rotatable bonds is 5. The van der Waals surface area contributed by atoms with Gasteiger partial charge in [-0.3, -0.25) is 0 Å². The summed E-state index contributed by atoms with van der Waals surface area (Å²) in [5.74, 6) is 0.00129. The van der Waals surface area contributed by atoms with E-state index in [9.17, 15) is 16.8 Å². The highest BCUT2D eigenvalue weighted by molar-refractivity contribution is 7.91. The summed E-state index contributed by atoms with van der Waals surface area (Å²) in [5, 5.41) is 3.15. The zero-order valence-corrected chi connectivity index (χ0v) is 13.9. The predicted octanol–water partition coefficient (Wildman–Crippen LogP) is 0.432. The van der Waals surface area contributed by atoms with Gasteiger partial charge in [-0.1, -0.05) is 18.2 Å². The van der Waals surface area contributed by atoms with E-state index in [0.29, 0.717) is 11.4 Å². The van der Waals surface area contributed by atoms with Gasteiger partial charge < -0.3 is 5.32 Å². The Balaban J connectivity index is 2.13. The largest absolute Gasteiger partial charge is 0.307 e. The summed E-state index contributed by atoms with van der Waals surface area (Å²) in [6.45, 7) is 3.82. The summed E-state index contributed by atoms with van der Waals surface area (Å²) in [4.78, 5) is 0.358. The van der Waals surface area contributed by atoms with Crippen molar-refractivity contribution in [2.75, 3.05) is 18.6 Å². The number of fused-ring (bicyclic) bond motifs is 1. The number of sulfonamides is 1. The van der Waals surface area contributed by atoms with E-state index in [1.165, 1.54) is 0 Å². The molecule has 0 saturated heterocycles. The maximum Gasteiger partial charge on any atom is 0.209 e. The van der Waals surface area contributed by atoms with E-state index >= 15 is 0 Å². The molecule has 2 rings (SSSR count). The Morgan fingerprint density at radius 2 is 1.90 bits per heavy atom. The molecule has 6 nitrogen and oxygen atoms in total. The number of hydrogen-bond acceptors (Lipinski definition) is 5. The first-order valence-electron chi connectivity index (χ1n) is 6.54. The van der Waals surface area contributed by atoms with Crippen molar-refractivity contribution in [1.29, 1.82) is 0 Å². The molecule has 2 N–H and O–H groups in total. The zero-order chi connectivity index (χ0) is 15.9. The van der Waals surface area contributed by atoms with E-state index in [2.05, 4.69) is 10.0 Å². The van der Waals surface area contributed by atoms with E-state index in [4.69, 9.17) is 0 Å². The molecule has 0 aromatic heterocycles. The molecule has 1 unspecified atom stereocenters. The van der Waals surface area contributed by atoms with Crippen LogP contribution in [0, 0.1) is 0 Å². The van der Waals surface area contributed by atoms with Gasteiger partial charge in [-0.15, -0.1) is 0 Å². The van der Waals surface area contributed by atoms with Gasteiger partial charge >= 0.3 is 0 Å². The normalized spacial score (nSPS) is 21.2. The van der Waals surface area contributed by atoms with E-state index in [1.807, 2.05) is 0 Å². The third kappa shape index (κ3) is 4.03. The lowest BCUT2D eigenvalue weighted by Gasteiger charge is -2.27. The first-order valence-corrected chi connectivity index (χ1v) is 10.1. The SMILES string of the molecule is CC(C)(CNC1CS(=O)(=O)c2ccccc21)NS(C)(=O)=O. The van der Waals surface area contributed by atoms with Gasteiger partial charge in [0.15, 0.2) is 9.84 Å². The van der Waals surface area contributed by atoms with Crippen LogP contribution in [0.15, 0.2) is 29.2 Å². The van der Waals surface area contributed by atoms with Gasteiger partial charge in [-0.05, 0) is 25.5 Å². The molecule has 1 aromatic rings. The highest BCUT2D eigenvalue weighted by Crippen LogP contribution is 2.33. The molecule has 0 aliphatic carbocycles. The first-order chi connectivity index (χ1) is 9.50. The maximum atomic E-state index is 12.1. The fourth-order valence-corrected chi connectivity index (χ4v) is 5.38. The Labute approximate surface area is 125 Å². The lowest BCUT2D eigenvalue weighted by atomic mass is 10.0. The van der Waals surface area contributed by atoms with Gasteiger partial charge in [0, 0.05) is 18.1 Å². The average molecular weight is 332 g/mol. The molecule has 0 fully saturated rings. The minimum absolute atomic E-state index is 0.00129. The third-order valence-corrected chi connectivity index (χ3v) is 6.01. The third-order valence-electron chi connectivity index (χ3n) is 3.27. The van der Waals surface area contributed by atoms with Crippen LogP contribution in [-0.2, 0) is 19.9 Å². The number of sulfone groups is 1. The van der Waals surface area contributed by atoms with Crippen LogP contribution in [0.4, 0.5) is 0 Å². The van der Waals surface area contributed by atoms with Crippen molar-refractivity contribution in [1.82, 2.24) is 10.0 Å². The van der Waals surface area contributed by atoms with Crippen LogP contribution in [0.3, 0.4) is 0 Å². The highest BCUT2D eigenvalue weighted by Gasteiger charge is 2.35. The molecule has 1 aliphatic rings. The van der Waals surface area contributed by atoms with Crippen molar-refractivity contribution in [3.05, 3.63) is 29.8 Å². The van der Waals surface area contributed by atoms with Gasteiger partial charge in [-0.2, -0.15) is 0 Å². The molecule has 8 heteroatoms. The summed E-state index contributed by atoms with van der Waals surface area (Å²) in [6.07, 6.45) is 1.10. The Bertz CT molecular complexity index is 739. The summed E-state index contributed by atoms with van der Waals surface area (Å²) in [7, 11) is -6.58. The topological polar surface area (TPSA) is 92.3 Å². The van der Waals surface area contributed by atoms with Gasteiger partial charge in [0.2, 0.25) is 10.0 Å². The van der Waals surface area contributed by atoms with E-state index in [-0.39, 0.29) is 11.8 Å². The Hall–Kier alpha value is -0.960. The quantitative estimate of drug-likeness (QED) is 0.816. The lowest BCUT2D eigenvalue weighted by Crippen LogP contribution is -2.50. The average Bonchev–Trinajstić information content (AvgIpc) is 2.57. The monoisotopic (exact) mass is 332 g/mol. The highest BCUT2D eigenvalue weighted by atomic mass is 32.2. The number of benzene rings is 1. The van der Waals surface area contributed by atoms with Gasteiger partial charge in [0.25, 0.3) is 0 Å². The molecule has 1 heterocycles. The van der Waals surface area contributed by atoms with Crippen LogP contribution in [-0.4, -0.2) is 40.9 Å². The molecule has 118 valence electrons. The van der Waals surface area contributed by atoms with E-state index in [1.54, 1.807) is 38.1 Å². The van der Waals surface area contributed by atoms with Crippen LogP contribution in [0.25, 0.3) is 0 Å². The van der Waals surface area contributed by atoms with Crippen molar-refractivity contribution < 1.29 is 16.8 Å². The van der Waals surface area contributed by atoms with Crippen molar-refractivity contribution >= 4 is 19.9 Å². The molecule has 0 bridgehead atoms. The van der Waals surface area contributed by atoms with Crippen molar-refractivity contribution in [3.8, 4) is 0 Å². The summed E-state index contributed by atoms with van der Waals surface area (Å²) in [5.41, 5.74) is 0.0437. The molecule has 1 atom stereocenters. The first kappa shape index (κ1) is 16.4. The van der Waals surface area contributed by atoms with Crippen LogP contribution in [0.1, 0.15) is 25.5 Å². The lowest BCUT2D eigenvalue weighted by molar-refractivity contribution is 0.400. The second kappa shape index (κ2) is 5.35. The smallest absolute Gasteiger partial charge is 0.209 e. The molecule has 0 radical (unpaired) electrons. The van der Waals surface area contributed by atoms with Crippen LogP contribution < -0.4 is 10.0 Å². The predicted molar refractivity (Wildman–Crippen MR) is 81.3 cm³/mol. The molecule has 1 aromatic carbocycles. The molecule has 0 spiro atoms. The second-order valence-corrected chi connectivity index (χ2v) is 9.76. The molecule has 21 heavy (non-hydrogen) atoms. The van der Waals surface area contributed by atoms with Crippen molar-refractivity contribution in [3.63, 3.8) is 0 Å². The molecule has 0 amide bonds. The maximum absolute atomic E-state index is 12.1. The Kier molecular flexibility index (Phi) is 4.18. The second-order valence-electron chi connectivity index (χ2n) is 6.01. The van der Waals surface area contributed by atoms with Crippen molar-refractivity contribution in [2.45, 2.75) is 30.3 Å². The van der Waals surface area contributed by atoms with Crippen molar-refractivity contribution in [2.24, 2.45) is 0 Å². The molecule has 0 saturated carbocycles. The fraction of sp³-hybridized carbons (Fsp3) is 0.538. The zero-order valence-electron chi connectivity index (χ0n) is 12.3. The molecular formula is C13H20N2O4S2. The minimum Gasteiger partial charge on any atom is -0.307 e.